The van der Waals surface area contributed by atoms with Gasteiger partial charge in [0, 0.05) is 24.7 Å². The zero-order chi connectivity index (χ0) is 16.1. The first kappa shape index (κ1) is 16.0. The van der Waals surface area contributed by atoms with Gasteiger partial charge in [-0.3, -0.25) is 0 Å². The first-order chi connectivity index (χ1) is 11.3. The Morgan fingerprint density at radius 3 is 2.74 bits per heavy atom. The minimum absolute atomic E-state index is 0.246. The summed E-state index contributed by atoms with van der Waals surface area (Å²) >= 11 is 5.91. The van der Waals surface area contributed by atoms with E-state index in [-0.39, 0.29) is 6.04 Å². The average Bonchev–Trinajstić information content (AvgIpc) is 2.61. The predicted octanol–water partition coefficient (Wildman–Crippen LogP) is 3.21. The van der Waals surface area contributed by atoms with E-state index in [4.69, 9.17) is 21.1 Å². The fourth-order valence-electron chi connectivity index (χ4n) is 2.82. The molecule has 0 aromatic heterocycles. The molecule has 0 saturated carbocycles. The van der Waals surface area contributed by atoms with Crippen LogP contribution in [0.25, 0.3) is 0 Å². The number of benzene rings is 2. The molecule has 0 aliphatic carbocycles. The van der Waals surface area contributed by atoms with Gasteiger partial charge in [0.05, 0.1) is 18.8 Å². The second-order valence-corrected chi connectivity index (χ2v) is 5.92. The van der Waals surface area contributed by atoms with Crippen molar-refractivity contribution in [3.8, 4) is 11.5 Å². The summed E-state index contributed by atoms with van der Waals surface area (Å²) in [6, 6.07) is 15.8. The second kappa shape index (κ2) is 7.57. The zero-order valence-electron chi connectivity index (χ0n) is 13.2. The van der Waals surface area contributed by atoms with Gasteiger partial charge in [0.25, 0.3) is 0 Å². The third-order valence-corrected chi connectivity index (χ3v) is 4.25. The SMILES string of the molecule is COc1ccccc1N1CCNCC1COc1ccc(Cl)cc1. The third kappa shape index (κ3) is 3.89. The highest BCUT2D eigenvalue weighted by Gasteiger charge is 2.25. The summed E-state index contributed by atoms with van der Waals surface area (Å²) in [7, 11) is 1.71. The van der Waals surface area contributed by atoms with Crippen molar-refractivity contribution < 1.29 is 9.47 Å². The number of nitrogens with zero attached hydrogens (tertiary/aromatic N) is 1. The van der Waals surface area contributed by atoms with Gasteiger partial charge in [0.1, 0.15) is 18.1 Å². The Morgan fingerprint density at radius 2 is 1.96 bits per heavy atom. The molecule has 1 fully saturated rings. The summed E-state index contributed by atoms with van der Waals surface area (Å²) in [6.45, 7) is 3.36. The van der Waals surface area contributed by atoms with Crippen LogP contribution in [0.1, 0.15) is 0 Å². The van der Waals surface area contributed by atoms with Gasteiger partial charge >= 0.3 is 0 Å². The first-order valence-corrected chi connectivity index (χ1v) is 8.14. The highest BCUT2D eigenvalue weighted by atomic mass is 35.5. The molecule has 0 spiro atoms. The molecule has 5 heteroatoms. The summed E-state index contributed by atoms with van der Waals surface area (Å²) in [4.78, 5) is 2.35. The van der Waals surface area contributed by atoms with Crippen molar-refractivity contribution in [3.63, 3.8) is 0 Å². The lowest BCUT2D eigenvalue weighted by Crippen LogP contribution is -2.54. The van der Waals surface area contributed by atoms with E-state index >= 15 is 0 Å². The van der Waals surface area contributed by atoms with Gasteiger partial charge in [-0.15, -0.1) is 0 Å². The number of ether oxygens (including phenoxy) is 2. The van der Waals surface area contributed by atoms with Gasteiger partial charge in [-0.25, -0.2) is 0 Å². The van der Waals surface area contributed by atoms with Crippen molar-refractivity contribution in [1.29, 1.82) is 0 Å². The number of nitrogens with one attached hydrogen (secondary N) is 1. The van der Waals surface area contributed by atoms with Crippen molar-refractivity contribution in [2.75, 3.05) is 38.3 Å². The van der Waals surface area contributed by atoms with Gasteiger partial charge < -0.3 is 19.7 Å². The number of rotatable bonds is 5. The molecule has 1 unspecified atom stereocenters. The van der Waals surface area contributed by atoms with Crippen molar-refractivity contribution in [1.82, 2.24) is 5.32 Å². The van der Waals surface area contributed by atoms with Gasteiger partial charge in [-0.1, -0.05) is 23.7 Å². The van der Waals surface area contributed by atoms with Crippen LogP contribution in [-0.2, 0) is 0 Å². The fraction of sp³-hybridized carbons (Fsp3) is 0.333. The number of piperazine rings is 1. The van der Waals surface area contributed by atoms with E-state index in [1.165, 1.54) is 0 Å². The lowest BCUT2D eigenvalue weighted by molar-refractivity contribution is 0.266. The lowest BCUT2D eigenvalue weighted by Gasteiger charge is -2.38. The van der Waals surface area contributed by atoms with E-state index in [2.05, 4.69) is 16.3 Å². The number of hydrogen-bond acceptors (Lipinski definition) is 4. The molecular formula is C18H21ClN2O2. The Morgan fingerprint density at radius 1 is 1.17 bits per heavy atom. The summed E-state index contributed by atoms with van der Waals surface area (Å²) in [6.07, 6.45) is 0. The molecule has 4 nitrogen and oxygen atoms in total. The highest BCUT2D eigenvalue weighted by molar-refractivity contribution is 6.30. The number of hydrogen-bond donors (Lipinski definition) is 1. The smallest absolute Gasteiger partial charge is 0.142 e. The van der Waals surface area contributed by atoms with Gasteiger partial charge in [0.2, 0.25) is 0 Å². The van der Waals surface area contributed by atoms with Crippen LogP contribution < -0.4 is 19.7 Å². The molecule has 0 radical (unpaired) electrons. The topological polar surface area (TPSA) is 33.7 Å². The standard InChI is InChI=1S/C18H21ClN2O2/c1-22-18-5-3-2-4-17(18)21-11-10-20-12-15(21)13-23-16-8-6-14(19)7-9-16/h2-9,15,20H,10-13H2,1H3. The average molecular weight is 333 g/mol. The number of halogens is 1. The molecule has 1 saturated heterocycles. The van der Waals surface area contributed by atoms with Crippen LogP contribution in [-0.4, -0.2) is 39.4 Å². The van der Waals surface area contributed by atoms with Crippen molar-refractivity contribution in [2.24, 2.45) is 0 Å². The Hall–Kier alpha value is -1.91. The van der Waals surface area contributed by atoms with Crippen LogP contribution in [0.5, 0.6) is 11.5 Å². The van der Waals surface area contributed by atoms with Crippen molar-refractivity contribution in [2.45, 2.75) is 6.04 Å². The molecule has 3 rings (SSSR count). The molecule has 1 N–H and O–H groups in total. The number of anilines is 1. The number of methoxy groups -OCH3 is 1. The molecule has 1 atom stereocenters. The molecule has 1 aliphatic rings. The van der Waals surface area contributed by atoms with Crippen LogP contribution in [0.2, 0.25) is 5.02 Å². The maximum atomic E-state index is 5.94. The molecular weight excluding hydrogens is 312 g/mol. The van der Waals surface area contributed by atoms with Gasteiger partial charge in [-0.2, -0.15) is 0 Å². The maximum Gasteiger partial charge on any atom is 0.142 e. The predicted molar refractivity (Wildman–Crippen MR) is 93.9 cm³/mol. The molecule has 2 aromatic carbocycles. The van der Waals surface area contributed by atoms with Crippen molar-refractivity contribution in [3.05, 3.63) is 53.6 Å². The first-order valence-electron chi connectivity index (χ1n) is 7.76. The molecule has 0 amide bonds. The van der Waals surface area contributed by atoms with Crippen LogP contribution in [0, 0.1) is 0 Å². The minimum atomic E-state index is 0.246. The maximum absolute atomic E-state index is 5.94. The second-order valence-electron chi connectivity index (χ2n) is 5.49. The Kier molecular flexibility index (Phi) is 5.26. The molecule has 122 valence electrons. The van der Waals surface area contributed by atoms with E-state index in [1.807, 2.05) is 42.5 Å². The van der Waals surface area contributed by atoms with Crippen molar-refractivity contribution >= 4 is 17.3 Å². The minimum Gasteiger partial charge on any atom is -0.495 e. The monoisotopic (exact) mass is 332 g/mol. The highest BCUT2D eigenvalue weighted by Crippen LogP contribution is 2.30. The van der Waals surface area contributed by atoms with Crippen LogP contribution >= 0.6 is 11.6 Å². The van der Waals surface area contributed by atoms with E-state index in [9.17, 15) is 0 Å². The molecule has 1 aliphatic heterocycles. The van der Waals surface area contributed by atoms with E-state index in [0.717, 1.165) is 36.8 Å². The van der Waals surface area contributed by atoms with E-state index < -0.39 is 0 Å². The Bertz CT molecular complexity index is 633. The fourth-order valence-corrected chi connectivity index (χ4v) is 2.94. The third-order valence-electron chi connectivity index (χ3n) is 4.00. The van der Waals surface area contributed by atoms with Crippen LogP contribution in [0.4, 0.5) is 5.69 Å². The van der Waals surface area contributed by atoms with Gasteiger partial charge in [-0.05, 0) is 36.4 Å². The summed E-state index contributed by atoms with van der Waals surface area (Å²) in [5.74, 6) is 1.73. The number of para-hydroxylation sites is 2. The molecule has 23 heavy (non-hydrogen) atoms. The van der Waals surface area contributed by atoms with E-state index in [1.54, 1.807) is 7.11 Å². The molecule has 1 heterocycles. The normalized spacial score (nSPS) is 17.8. The Balaban J connectivity index is 1.72. The van der Waals surface area contributed by atoms with E-state index in [0.29, 0.717) is 11.6 Å². The molecule has 0 bridgehead atoms. The summed E-state index contributed by atoms with van der Waals surface area (Å²) in [5.41, 5.74) is 1.11. The van der Waals surface area contributed by atoms with Crippen LogP contribution in [0.15, 0.2) is 48.5 Å². The molecule has 2 aromatic rings. The zero-order valence-corrected chi connectivity index (χ0v) is 13.9. The summed E-state index contributed by atoms with van der Waals surface area (Å²) in [5, 5.41) is 4.15. The lowest BCUT2D eigenvalue weighted by atomic mass is 10.1. The van der Waals surface area contributed by atoms with Gasteiger partial charge in [0.15, 0.2) is 0 Å². The quantitative estimate of drug-likeness (QED) is 0.911. The van der Waals surface area contributed by atoms with Crippen LogP contribution in [0.3, 0.4) is 0 Å². The summed E-state index contributed by atoms with van der Waals surface area (Å²) < 4.78 is 11.4. The Labute approximate surface area is 142 Å². The largest absolute Gasteiger partial charge is 0.495 e.